The van der Waals surface area contributed by atoms with Gasteiger partial charge in [0.1, 0.15) is 5.69 Å². The van der Waals surface area contributed by atoms with Crippen LogP contribution in [0.2, 0.25) is 0 Å². The van der Waals surface area contributed by atoms with Gasteiger partial charge in [0.25, 0.3) is 11.8 Å². The quantitative estimate of drug-likeness (QED) is 0.499. The average molecular weight is 489 g/mol. The lowest BCUT2D eigenvalue weighted by Gasteiger charge is -2.21. The average Bonchev–Trinajstić information content (AvgIpc) is 3.26. The molecule has 9 nitrogen and oxygen atoms in total. The second-order valence-corrected chi connectivity index (χ2v) is 8.88. The first-order chi connectivity index (χ1) is 17.5. The van der Waals surface area contributed by atoms with Crippen molar-refractivity contribution in [1.82, 2.24) is 29.9 Å². The third kappa shape index (κ3) is 5.97. The number of carbonyl (C=O) groups excluding carboxylic acids is 3. The highest BCUT2D eigenvalue weighted by Crippen LogP contribution is 2.19. The highest BCUT2D eigenvalue weighted by Gasteiger charge is 2.28. The zero-order valence-electron chi connectivity index (χ0n) is 20.8. The summed E-state index contributed by atoms with van der Waals surface area (Å²) in [6.07, 6.45) is 2.61. The number of amides is 3. The molecule has 1 N–H and O–H groups in total. The fourth-order valence-corrected chi connectivity index (χ4v) is 4.26. The van der Waals surface area contributed by atoms with Gasteiger partial charge < -0.3 is 15.1 Å². The van der Waals surface area contributed by atoms with Crippen molar-refractivity contribution in [1.29, 1.82) is 0 Å². The summed E-state index contributed by atoms with van der Waals surface area (Å²) in [5.74, 6) is -0.567. The van der Waals surface area contributed by atoms with Crippen LogP contribution < -0.4 is 5.32 Å². The maximum absolute atomic E-state index is 13.3. The maximum Gasteiger partial charge on any atom is 0.274 e. The normalized spacial score (nSPS) is 13.2. The number of hydrogen-bond donors (Lipinski definition) is 1. The zero-order valence-corrected chi connectivity index (χ0v) is 20.8. The molecule has 3 amide bonds. The van der Waals surface area contributed by atoms with Crippen LogP contribution in [0, 0.1) is 6.92 Å². The van der Waals surface area contributed by atoms with E-state index in [1.54, 1.807) is 21.8 Å². The van der Waals surface area contributed by atoms with E-state index >= 15 is 0 Å². The van der Waals surface area contributed by atoms with Gasteiger partial charge in [-0.15, -0.1) is 0 Å². The van der Waals surface area contributed by atoms with Crippen molar-refractivity contribution < 1.29 is 14.4 Å². The van der Waals surface area contributed by atoms with Gasteiger partial charge in [0.05, 0.1) is 12.2 Å². The number of pyridine rings is 1. The smallest absolute Gasteiger partial charge is 0.274 e. The van der Waals surface area contributed by atoms with Crippen molar-refractivity contribution in [3.8, 4) is 0 Å². The molecule has 0 aliphatic carbocycles. The number of carbonyl (C=O) groups is 3. The summed E-state index contributed by atoms with van der Waals surface area (Å²) in [6, 6.07) is 15.1. The van der Waals surface area contributed by atoms with E-state index in [9.17, 15) is 14.4 Å². The summed E-state index contributed by atoms with van der Waals surface area (Å²) in [4.78, 5) is 46.4. The Balaban J connectivity index is 1.38. The minimum Gasteiger partial charge on any atom is -0.350 e. The summed E-state index contributed by atoms with van der Waals surface area (Å²) < 4.78 is 1.64. The molecular formula is C27H32N6O3. The molecule has 0 fully saturated rings. The van der Waals surface area contributed by atoms with Gasteiger partial charge in [0.15, 0.2) is 5.69 Å². The van der Waals surface area contributed by atoms with Gasteiger partial charge in [0.2, 0.25) is 5.91 Å². The third-order valence-corrected chi connectivity index (χ3v) is 6.40. The van der Waals surface area contributed by atoms with Gasteiger partial charge >= 0.3 is 0 Å². The number of fused-ring (bicyclic) bond motifs is 1. The van der Waals surface area contributed by atoms with Crippen molar-refractivity contribution in [3.05, 3.63) is 82.9 Å². The molecule has 0 spiro atoms. The second kappa shape index (κ2) is 11.6. The Labute approximate surface area is 211 Å². The molecule has 36 heavy (non-hydrogen) atoms. The van der Waals surface area contributed by atoms with E-state index in [1.165, 1.54) is 0 Å². The number of aromatic nitrogens is 3. The van der Waals surface area contributed by atoms with Crippen LogP contribution in [0.4, 0.5) is 0 Å². The van der Waals surface area contributed by atoms with Gasteiger partial charge in [-0.05, 0) is 43.5 Å². The molecule has 1 aromatic carbocycles. The molecule has 1 aliphatic heterocycles. The fraction of sp³-hybridized carbons (Fsp3) is 0.370. The first-order valence-electron chi connectivity index (χ1n) is 12.3. The fourth-order valence-electron chi connectivity index (χ4n) is 4.26. The topological polar surface area (TPSA) is 100 Å². The first kappa shape index (κ1) is 25.1. The number of nitrogens with one attached hydrogen (secondary N) is 1. The molecule has 3 aromatic rings. The van der Waals surface area contributed by atoms with E-state index in [0.29, 0.717) is 38.4 Å². The van der Waals surface area contributed by atoms with Crippen LogP contribution >= 0.6 is 0 Å². The lowest BCUT2D eigenvalue weighted by molar-refractivity contribution is -0.121. The van der Waals surface area contributed by atoms with Crippen molar-refractivity contribution in [2.75, 3.05) is 19.6 Å². The minimum absolute atomic E-state index is 0.126. The molecule has 1 aliphatic rings. The van der Waals surface area contributed by atoms with Crippen LogP contribution in [0.25, 0.3) is 0 Å². The standard InChI is InChI=1S/C27H32N6O3/c1-3-31(16-12-25(34)29-18-22-11-6-7-13-28-22)26(35)23-17-24-27(36)32(14-8-15-33(24)30-23)19-21-10-5-4-9-20(21)2/h4-7,9-11,13,17H,3,8,12,14-16,18-19H2,1-2H3,(H,29,34). The van der Waals surface area contributed by atoms with Gasteiger partial charge in [-0.3, -0.25) is 24.0 Å². The molecule has 3 heterocycles. The highest BCUT2D eigenvalue weighted by atomic mass is 16.2. The summed E-state index contributed by atoms with van der Waals surface area (Å²) in [6.45, 7) is 6.66. The SMILES string of the molecule is CCN(CCC(=O)NCc1ccccn1)C(=O)c1cc2n(n1)CCCN(Cc1ccccc1C)C2=O. The monoisotopic (exact) mass is 488 g/mol. The molecule has 0 saturated carbocycles. The van der Waals surface area contributed by atoms with Crippen molar-refractivity contribution in [3.63, 3.8) is 0 Å². The van der Waals surface area contributed by atoms with Crippen LogP contribution in [0.3, 0.4) is 0 Å². The Morgan fingerprint density at radius 3 is 2.67 bits per heavy atom. The molecule has 0 radical (unpaired) electrons. The largest absolute Gasteiger partial charge is 0.350 e. The number of nitrogens with zero attached hydrogens (tertiary/aromatic N) is 5. The van der Waals surface area contributed by atoms with Gasteiger partial charge in [-0.25, -0.2) is 0 Å². The Kier molecular flexibility index (Phi) is 8.10. The lowest BCUT2D eigenvalue weighted by atomic mass is 10.1. The number of benzene rings is 1. The Morgan fingerprint density at radius 1 is 1.11 bits per heavy atom. The zero-order chi connectivity index (χ0) is 25.5. The molecular weight excluding hydrogens is 456 g/mol. The van der Waals surface area contributed by atoms with Crippen LogP contribution in [0.5, 0.6) is 0 Å². The molecule has 9 heteroatoms. The summed E-state index contributed by atoms with van der Waals surface area (Å²) in [7, 11) is 0. The maximum atomic E-state index is 13.3. The van der Waals surface area contributed by atoms with Gasteiger partial charge in [-0.1, -0.05) is 30.3 Å². The number of hydrogen-bond acceptors (Lipinski definition) is 5. The first-order valence-corrected chi connectivity index (χ1v) is 12.3. The third-order valence-electron chi connectivity index (χ3n) is 6.40. The van der Waals surface area contributed by atoms with E-state index in [2.05, 4.69) is 15.4 Å². The molecule has 188 valence electrons. The van der Waals surface area contributed by atoms with E-state index in [0.717, 1.165) is 23.2 Å². The predicted octanol–water partition coefficient (Wildman–Crippen LogP) is 2.80. The lowest BCUT2D eigenvalue weighted by Crippen LogP contribution is -2.35. The van der Waals surface area contributed by atoms with Crippen molar-refractivity contribution >= 4 is 17.7 Å². The molecule has 4 rings (SSSR count). The molecule has 0 atom stereocenters. The van der Waals surface area contributed by atoms with Crippen LogP contribution in [-0.4, -0.2) is 61.9 Å². The van der Waals surface area contributed by atoms with E-state index in [1.807, 2.05) is 61.2 Å². The number of rotatable bonds is 9. The van der Waals surface area contributed by atoms with Crippen LogP contribution in [-0.2, 0) is 24.4 Å². The highest BCUT2D eigenvalue weighted by molar-refractivity contribution is 5.98. The number of aryl methyl sites for hydroxylation is 2. The van der Waals surface area contributed by atoms with Gasteiger partial charge in [-0.2, -0.15) is 5.10 Å². The van der Waals surface area contributed by atoms with Crippen LogP contribution in [0.15, 0.2) is 54.7 Å². The van der Waals surface area contributed by atoms with E-state index in [4.69, 9.17) is 0 Å². The Hall–Kier alpha value is -4.01. The molecule has 0 bridgehead atoms. The Bertz CT molecular complexity index is 1220. The summed E-state index contributed by atoms with van der Waals surface area (Å²) in [5.41, 5.74) is 3.67. The molecule has 0 unspecified atom stereocenters. The predicted molar refractivity (Wildman–Crippen MR) is 135 cm³/mol. The Morgan fingerprint density at radius 2 is 1.92 bits per heavy atom. The van der Waals surface area contributed by atoms with E-state index in [-0.39, 0.29) is 36.4 Å². The molecule has 2 aromatic heterocycles. The van der Waals surface area contributed by atoms with Crippen molar-refractivity contribution in [2.45, 2.75) is 46.3 Å². The minimum atomic E-state index is -0.283. The van der Waals surface area contributed by atoms with E-state index < -0.39 is 0 Å². The summed E-state index contributed by atoms with van der Waals surface area (Å²) in [5, 5.41) is 7.29. The van der Waals surface area contributed by atoms with Crippen LogP contribution in [0.1, 0.15) is 57.6 Å². The summed E-state index contributed by atoms with van der Waals surface area (Å²) >= 11 is 0. The molecule has 0 saturated heterocycles. The van der Waals surface area contributed by atoms with Crippen molar-refractivity contribution in [2.24, 2.45) is 0 Å². The second-order valence-electron chi connectivity index (χ2n) is 8.88. The van der Waals surface area contributed by atoms with Gasteiger partial charge in [0, 0.05) is 51.4 Å².